The van der Waals surface area contributed by atoms with E-state index in [4.69, 9.17) is 0 Å². The second kappa shape index (κ2) is 5.31. The predicted octanol–water partition coefficient (Wildman–Crippen LogP) is 3.15. The van der Waals surface area contributed by atoms with Gasteiger partial charge in [-0.15, -0.1) is 0 Å². The molecule has 0 amide bonds. The zero-order valence-corrected chi connectivity index (χ0v) is 11.4. The summed E-state index contributed by atoms with van der Waals surface area (Å²) >= 11 is 0. The van der Waals surface area contributed by atoms with Crippen LogP contribution in [0.25, 0.3) is 0 Å². The molecule has 2 aliphatic rings. The molecule has 0 bridgehead atoms. The molecule has 2 aliphatic heterocycles. The highest BCUT2D eigenvalue weighted by molar-refractivity contribution is 5.56. The Morgan fingerprint density at radius 3 is 3.06 bits per heavy atom. The smallest absolute Gasteiger partial charge is 0.0429 e. The average molecular weight is 244 g/mol. The molecule has 0 aliphatic carbocycles. The number of fused-ring (bicyclic) bond motifs is 1. The maximum atomic E-state index is 3.67. The fourth-order valence-corrected chi connectivity index (χ4v) is 3.52. The number of hydrogen-bond donors (Lipinski definition) is 1. The van der Waals surface area contributed by atoms with Crippen LogP contribution in [0.5, 0.6) is 0 Å². The molecule has 3 rings (SSSR count). The van der Waals surface area contributed by atoms with Gasteiger partial charge in [-0.1, -0.05) is 31.5 Å². The van der Waals surface area contributed by atoms with Crippen molar-refractivity contribution in [3.63, 3.8) is 0 Å². The minimum atomic E-state index is 0.628. The normalized spacial score (nSPS) is 27.2. The molecule has 1 aromatic rings. The molecule has 0 spiro atoms. The van der Waals surface area contributed by atoms with Gasteiger partial charge in [-0.05, 0) is 43.4 Å². The van der Waals surface area contributed by atoms with Crippen molar-refractivity contribution in [1.82, 2.24) is 4.90 Å². The summed E-state index contributed by atoms with van der Waals surface area (Å²) < 4.78 is 0. The summed E-state index contributed by atoms with van der Waals surface area (Å²) in [6.45, 7) is 6.15. The minimum absolute atomic E-state index is 0.628. The number of nitrogens with one attached hydrogen (secondary N) is 1. The number of likely N-dealkylation sites (tertiary alicyclic amines) is 1. The summed E-state index contributed by atoms with van der Waals surface area (Å²) in [5.74, 6) is 0.957. The van der Waals surface area contributed by atoms with Gasteiger partial charge < -0.3 is 10.2 Å². The number of hydrogen-bond acceptors (Lipinski definition) is 2. The first-order valence-corrected chi connectivity index (χ1v) is 7.42. The summed E-state index contributed by atoms with van der Waals surface area (Å²) in [4.78, 5) is 2.66. The van der Waals surface area contributed by atoms with Crippen LogP contribution in [-0.4, -0.2) is 30.6 Å². The van der Waals surface area contributed by atoms with E-state index in [0.717, 1.165) is 5.92 Å². The van der Waals surface area contributed by atoms with Crippen molar-refractivity contribution in [3.8, 4) is 0 Å². The number of benzene rings is 1. The molecule has 0 radical (unpaired) electrons. The van der Waals surface area contributed by atoms with Crippen molar-refractivity contribution < 1.29 is 0 Å². The van der Waals surface area contributed by atoms with E-state index < -0.39 is 0 Å². The van der Waals surface area contributed by atoms with Crippen LogP contribution >= 0.6 is 0 Å². The number of nitrogens with zero attached hydrogens (tertiary/aromatic N) is 1. The molecular weight excluding hydrogens is 220 g/mol. The average Bonchev–Trinajstić information content (AvgIpc) is 2.96. The van der Waals surface area contributed by atoms with E-state index in [1.807, 2.05) is 0 Å². The molecule has 2 unspecified atom stereocenters. The van der Waals surface area contributed by atoms with Gasteiger partial charge in [-0.2, -0.15) is 0 Å². The van der Waals surface area contributed by atoms with E-state index in [9.17, 15) is 0 Å². The molecule has 98 valence electrons. The van der Waals surface area contributed by atoms with Crippen LogP contribution in [0.1, 0.15) is 31.7 Å². The van der Waals surface area contributed by atoms with Crippen LogP contribution in [-0.2, 0) is 6.42 Å². The third-order valence-electron chi connectivity index (χ3n) is 4.39. The van der Waals surface area contributed by atoms with E-state index in [0.29, 0.717) is 6.04 Å². The Balaban J connectivity index is 1.51. The summed E-state index contributed by atoms with van der Waals surface area (Å²) in [5, 5.41) is 3.67. The van der Waals surface area contributed by atoms with Gasteiger partial charge in [0.05, 0.1) is 0 Å². The lowest BCUT2D eigenvalue weighted by Gasteiger charge is -2.21. The van der Waals surface area contributed by atoms with E-state index in [2.05, 4.69) is 41.4 Å². The van der Waals surface area contributed by atoms with Crippen LogP contribution in [0.4, 0.5) is 5.69 Å². The van der Waals surface area contributed by atoms with Crippen LogP contribution in [0.2, 0.25) is 0 Å². The topological polar surface area (TPSA) is 15.3 Å². The minimum Gasteiger partial charge on any atom is -0.380 e. The molecule has 1 saturated heterocycles. The molecule has 1 fully saturated rings. The monoisotopic (exact) mass is 244 g/mol. The highest BCUT2D eigenvalue weighted by Crippen LogP contribution is 2.27. The van der Waals surface area contributed by atoms with Gasteiger partial charge >= 0.3 is 0 Å². The highest BCUT2D eigenvalue weighted by Gasteiger charge is 2.26. The molecule has 0 saturated carbocycles. The van der Waals surface area contributed by atoms with Crippen LogP contribution < -0.4 is 5.32 Å². The fourth-order valence-electron chi connectivity index (χ4n) is 3.52. The van der Waals surface area contributed by atoms with E-state index in [-0.39, 0.29) is 0 Å². The standard InChI is InChI=1S/C16H24N2/c1-2-5-13-8-9-18(11-13)12-15-10-14-6-3-4-7-16(14)17-15/h3-4,6-7,13,15,17H,2,5,8-12H2,1H3. The third kappa shape index (κ3) is 2.54. The molecule has 0 aromatic heterocycles. The Bertz CT molecular complexity index is 377. The van der Waals surface area contributed by atoms with Gasteiger partial charge in [0.2, 0.25) is 0 Å². The molecule has 1 aromatic carbocycles. The van der Waals surface area contributed by atoms with Crippen molar-refractivity contribution in [2.24, 2.45) is 5.92 Å². The van der Waals surface area contributed by atoms with Crippen LogP contribution in [0.15, 0.2) is 24.3 Å². The van der Waals surface area contributed by atoms with Crippen LogP contribution in [0.3, 0.4) is 0 Å². The Kier molecular flexibility index (Phi) is 3.55. The first-order valence-electron chi connectivity index (χ1n) is 7.42. The summed E-state index contributed by atoms with van der Waals surface area (Å²) in [6.07, 6.45) is 5.36. The lowest BCUT2D eigenvalue weighted by Crippen LogP contribution is -2.34. The van der Waals surface area contributed by atoms with Gasteiger partial charge in [0.25, 0.3) is 0 Å². The molecule has 2 nitrogen and oxygen atoms in total. The molecule has 18 heavy (non-hydrogen) atoms. The Hall–Kier alpha value is -1.02. The lowest BCUT2D eigenvalue weighted by atomic mass is 10.0. The maximum Gasteiger partial charge on any atom is 0.0429 e. The highest BCUT2D eigenvalue weighted by atomic mass is 15.2. The van der Waals surface area contributed by atoms with Crippen molar-refractivity contribution in [3.05, 3.63) is 29.8 Å². The molecule has 2 atom stereocenters. The van der Waals surface area contributed by atoms with E-state index in [1.54, 1.807) is 0 Å². The zero-order valence-electron chi connectivity index (χ0n) is 11.4. The SMILES string of the molecule is CCCC1CCN(CC2Cc3ccccc3N2)C1. The van der Waals surface area contributed by atoms with Crippen molar-refractivity contribution in [2.45, 2.75) is 38.6 Å². The van der Waals surface area contributed by atoms with E-state index in [1.165, 1.54) is 56.6 Å². The van der Waals surface area contributed by atoms with Gasteiger partial charge in [0.15, 0.2) is 0 Å². The zero-order chi connectivity index (χ0) is 12.4. The maximum absolute atomic E-state index is 3.67. The number of para-hydroxylation sites is 1. The first-order chi connectivity index (χ1) is 8.85. The van der Waals surface area contributed by atoms with Crippen LogP contribution in [0, 0.1) is 5.92 Å². The van der Waals surface area contributed by atoms with Gasteiger partial charge in [0.1, 0.15) is 0 Å². The first kappa shape index (κ1) is 12.0. The Morgan fingerprint density at radius 2 is 2.22 bits per heavy atom. The molecule has 2 heterocycles. The summed E-state index contributed by atoms with van der Waals surface area (Å²) in [5.41, 5.74) is 2.85. The molecular formula is C16H24N2. The van der Waals surface area contributed by atoms with Gasteiger partial charge in [0, 0.05) is 24.8 Å². The van der Waals surface area contributed by atoms with Crippen molar-refractivity contribution >= 4 is 5.69 Å². The van der Waals surface area contributed by atoms with E-state index >= 15 is 0 Å². The fraction of sp³-hybridized carbons (Fsp3) is 0.625. The number of rotatable bonds is 4. The predicted molar refractivity (Wildman–Crippen MR) is 77.0 cm³/mol. The second-order valence-corrected chi connectivity index (χ2v) is 5.91. The van der Waals surface area contributed by atoms with Crippen molar-refractivity contribution in [2.75, 3.05) is 25.0 Å². The molecule has 2 heteroatoms. The Labute approximate surface area is 110 Å². The summed E-state index contributed by atoms with van der Waals surface area (Å²) in [6, 6.07) is 9.37. The summed E-state index contributed by atoms with van der Waals surface area (Å²) in [7, 11) is 0. The largest absolute Gasteiger partial charge is 0.380 e. The second-order valence-electron chi connectivity index (χ2n) is 5.91. The van der Waals surface area contributed by atoms with Gasteiger partial charge in [-0.25, -0.2) is 0 Å². The molecule has 1 N–H and O–H groups in total. The Morgan fingerprint density at radius 1 is 1.33 bits per heavy atom. The quantitative estimate of drug-likeness (QED) is 0.875. The van der Waals surface area contributed by atoms with Gasteiger partial charge in [-0.3, -0.25) is 0 Å². The van der Waals surface area contributed by atoms with Crippen molar-refractivity contribution in [1.29, 1.82) is 0 Å². The lowest BCUT2D eigenvalue weighted by molar-refractivity contribution is 0.307. The number of anilines is 1. The third-order valence-corrected chi connectivity index (χ3v) is 4.39.